The molecular weight excluding hydrogens is 202 g/mol. The Morgan fingerprint density at radius 1 is 1.27 bits per heavy atom. The van der Waals surface area contributed by atoms with Crippen LogP contribution in [0.2, 0.25) is 0 Å². The highest BCUT2D eigenvalue weighted by Gasteiger charge is 2.17. The number of carbonyl (C=O) groups is 1. The van der Waals surface area contributed by atoms with Crippen LogP contribution in [0.25, 0.3) is 0 Å². The molecule has 0 aliphatic rings. The Balaban J connectivity index is 2.97. The van der Waals surface area contributed by atoms with Gasteiger partial charge < -0.3 is 26.2 Å². The molecule has 1 atom stereocenters. The van der Waals surface area contributed by atoms with Crippen LogP contribution in [-0.4, -0.2) is 32.4 Å². The Morgan fingerprint density at radius 2 is 1.87 bits per heavy atom. The summed E-state index contributed by atoms with van der Waals surface area (Å²) in [7, 11) is 0. The van der Waals surface area contributed by atoms with E-state index in [2.05, 4.69) is 0 Å². The number of phenolic OH excluding ortho intramolecular Hbond substituents is 3. The van der Waals surface area contributed by atoms with Gasteiger partial charge in [-0.1, -0.05) is 6.07 Å². The third kappa shape index (κ3) is 2.29. The number of rotatable bonds is 3. The van der Waals surface area contributed by atoms with Gasteiger partial charge in [-0.3, -0.25) is 4.79 Å². The molecule has 0 aliphatic heterocycles. The fourth-order valence-corrected chi connectivity index (χ4v) is 1.10. The molecule has 1 aromatic carbocycles. The van der Waals surface area contributed by atoms with E-state index in [9.17, 15) is 9.90 Å². The van der Waals surface area contributed by atoms with Crippen LogP contribution in [0.4, 0.5) is 0 Å². The molecule has 0 unspecified atom stereocenters. The minimum atomic E-state index is -1.21. The Morgan fingerprint density at radius 3 is 2.40 bits per heavy atom. The molecule has 0 fully saturated rings. The Labute approximate surface area is 85.2 Å². The summed E-state index contributed by atoms with van der Waals surface area (Å²) < 4.78 is 0. The van der Waals surface area contributed by atoms with Crippen molar-refractivity contribution in [1.82, 2.24) is 0 Å². The van der Waals surface area contributed by atoms with Crippen molar-refractivity contribution < 1.29 is 25.2 Å². The number of phenols is 3. The van der Waals surface area contributed by atoms with Gasteiger partial charge in [0.2, 0.25) is 5.75 Å². The summed E-state index contributed by atoms with van der Waals surface area (Å²) in [5.41, 5.74) is 5.42. The standard InChI is InChI=1S/C9H11NO5/c10-5(9(14)15)3-4-1-2-6(11)8(13)7(4)12/h1-2,5,11-13H,3,10H2,(H,14,15)/t5-/m0/s1. The zero-order valence-electron chi connectivity index (χ0n) is 7.71. The minimum absolute atomic E-state index is 0.130. The lowest BCUT2D eigenvalue weighted by Crippen LogP contribution is -2.32. The van der Waals surface area contributed by atoms with Gasteiger partial charge >= 0.3 is 5.97 Å². The van der Waals surface area contributed by atoms with Gasteiger partial charge in [-0.25, -0.2) is 0 Å². The number of hydrogen-bond donors (Lipinski definition) is 5. The van der Waals surface area contributed by atoms with E-state index in [4.69, 9.17) is 21.1 Å². The SMILES string of the molecule is N[C@@H](Cc1ccc(O)c(O)c1O)C(=O)O. The van der Waals surface area contributed by atoms with Gasteiger partial charge in [-0.15, -0.1) is 0 Å². The summed E-state index contributed by atoms with van der Waals surface area (Å²) in [5, 5.41) is 36.1. The first-order chi connectivity index (χ1) is 6.93. The summed E-state index contributed by atoms with van der Waals surface area (Å²) >= 11 is 0. The van der Waals surface area contributed by atoms with Crippen molar-refractivity contribution in [2.75, 3.05) is 0 Å². The lowest BCUT2D eigenvalue weighted by molar-refractivity contribution is -0.138. The van der Waals surface area contributed by atoms with Crippen molar-refractivity contribution in [2.45, 2.75) is 12.5 Å². The molecule has 0 amide bonds. The predicted molar refractivity (Wildman–Crippen MR) is 50.8 cm³/mol. The molecule has 6 heteroatoms. The maximum absolute atomic E-state index is 10.4. The third-order valence-corrected chi connectivity index (χ3v) is 1.97. The topological polar surface area (TPSA) is 124 Å². The zero-order valence-corrected chi connectivity index (χ0v) is 7.71. The highest BCUT2D eigenvalue weighted by Crippen LogP contribution is 2.37. The van der Waals surface area contributed by atoms with Gasteiger partial charge in [-0.05, 0) is 6.07 Å². The number of aliphatic carboxylic acids is 1. The van der Waals surface area contributed by atoms with Crippen molar-refractivity contribution in [3.8, 4) is 17.2 Å². The molecular formula is C9H11NO5. The van der Waals surface area contributed by atoms with E-state index in [1.807, 2.05) is 0 Å². The lowest BCUT2D eigenvalue weighted by atomic mass is 10.0. The van der Waals surface area contributed by atoms with Crippen LogP contribution in [-0.2, 0) is 11.2 Å². The Bertz CT molecular complexity index is 390. The molecule has 82 valence electrons. The van der Waals surface area contributed by atoms with Crippen LogP contribution in [0.1, 0.15) is 5.56 Å². The Kier molecular flexibility index (Phi) is 3.01. The van der Waals surface area contributed by atoms with E-state index >= 15 is 0 Å². The minimum Gasteiger partial charge on any atom is -0.504 e. The van der Waals surface area contributed by atoms with Gasteiger partial charge in [-0.2, -0.15) is 0 Å². The van der Waals surface area contributed by atoms with Crippen LogP contribution in [0, 0.1) is 0 Å². The van der Waals surface area contributed by atoms with Gasteiger partial charge in [0, 0.05) is 12.0 Å². The summed E-state index contributed by atoms with van der Waals surface area (Å²) in [6.45, 7) is 0. The summed E-state index contributed by atoms with van der Waals surface area (Å²) in [6.07, 6.45) is -0.130. The van der Waals surface area contributed by atoms with Crippen molar-refractivity contribution in [1.29, 1.82) is 0 Å². The number of hydrogen-bond acceptors (Lipinski definition) is 5. The molecule has 0 aromatic heterocycles. The summed E-state index contributed by atoms with van der Waals surface area (Å²) in [6, 6.07) is 1.28. The van der Waals surface area contributed by atoms with Gasteiger partial charge in [0.1, 0.15) is 6.04 Å². The first-order valence-electron chi connectivity index (χ1n) is 4.14. The van der Waals surface area contributed by atoms with E-state index in [-0.39, 0.29) is 12.0 Å². The number of benzene rings is 1. The number of carboxylic acid groups (broad SMARTS) is 1. The molecule has 0 aliphatic carbocycles. The molecule has 1 rings (SSSR count). The average molecular weight is 213 g/mol. The number of nitrogens with two attached hydrogens (primary N) is 1. The van der Waals surface area contributed by atoms with Crippen LogP contribution in [0.5, 0.6) is 17.2 Å². The largest absolute Gasteiger partial charge is 0.504 e. The molecule has 0 radical (unpaired) electrons. The smallest absolute Gasteiger partial charge is 0.320 e. The van der Waals surface area contributed by atoms with E-state index in [0.717, 1.165) is 6.07 Å². The lowest BCUT2D eigenvalue weighted by Gasteiger charge is -2.09. The van der Waals surface area contributed by atoms with E-state index < -0.39 is 29.3 Å². The molecule has 6 N–H and O–H groups in total. The molecule has 0 bridgehead atoms. The van der Waals surface area contributed by atoms with Gasteiger partial charge in [0.25, 0.3) is 0 Å². The number of aromatic hydroxyl groups is 3. The van der Waals surface area contributed by atoms with E-state index in [1.165, 1.54) is 6.07 Å². The van der Waals surface area contributed by atoms with Gasteiger partial charge in [0.05, 0.1) is 0 Å². The zero-order chi connectivity index (χ0) is 11.6. The highest BCUT2D eigenvalue weighted by molar-refractivity contribution is 5.74. The van der Waals surface area contributed by atoms with Crippen LogP contribution in [0.3, 0.4) is 0 Å². The molecule has 6 nitrogen and oxygen atoms in total. The highest BCUT2D eigenvalue weighted by atomic mass is 16.4. The first-order valence-corrected chi connectivity index (χ1v) is 4.14. The maximum atomic E-state index is 10.4. The fourth-order valence-electron chi connectivity index (χ4n) is 1.10. The predicted octanol–water partition coefficient (Wildman–Crippen LogP) is -0.242. The van der Waals surface area contributed by atoms with Crippen LogP contribution < -0.4 is 5.73 Å². The summed E-state index contributed by atoms with van der Waals surface area (Å²) in [4.78, 5) is 10.4. The maximum Gasteiger partial charge on any atom is 0.320 e. The molecule has 0 heterocycles. The average Bonchev–Trinajstić information content (AvgIpc) is 2.18. The summed E-state index contributed by atoms with van der Waals surface area (Å²) in [5.74, 6) is -2.90. The normalized spacial score (nSPS) is 12.3. The quantitative estimate of drug-likeness (QED) is 0.441. The van der Waals surface area contributed by atoms with E-state index in [0.29, 0.717) is 0 Å². The molecule has 0 saturated carbocycles. The van der Waals surface area contributed by atoms with Crippen molar-refractivity contribution in [3.63, 3.8) is 0 Å². The molecule has 15 heavy (non-hydrogen) atoms. The second-order valence-electron chi connectivity index (χ2n) is 3.09. The van der Waals surface area contributed by atoms with Crippen LogP contribution in [0.15, 0.2) is 12.1 Å². The monoisotopic (exact) mass is 213 g/mol. The first kappa shape index (κ1) is 11.1. The van der Waals surface area contributed by atoms with Crippen molar-refractivity contribution in [3.05, 3.63) is 17.7 Å². The fraction of sp³-hybridized carbons (Fsp3) is 0.222. The molecule has 0 saturated heterocycles. The van der Waals surface area contributed by atoms with Gasteiger partial charge in [0.15, 0.2) is 11.5 Å². The third-order valence-electron chi connectivity index (χ3n) is 1.97. The second kappa shape index (κ2) is 4.05. The van der Waals surface area contributed by atoms with Crippen molar-refractivity contribution >= 4 is 5.97 Å². The molecule has 1 aromatic rings. The Hall–Kier alpha value is -1.95. The number of carboxylic acids is 1. The van der Waals surface area contributed by atoms with E-state index in [1.54, 1.807) is 0 Å². The molecule has 0 spiro atoms. The second-order valence-corrected chi connectivity index (χ2v) is 3.09. The van der Waals surface area contributed by atoms with Crippen LogP contribution >= 0.6 is 0 Å². The van der Waals surface area contributed by atoms with Crippen molar-refractivity contribution in [2.24, 2.45) is 5.73 Å².